The first-order chi connectivity index (χ1) is 7.58. The molecule has 1 N–H and O–H groups in total. The lowest BCUT2D eigenvalue weighted by atomic mass is 9.72. The number of rotatable bonds is 5. The summed E-state index contributed by atoms with van der Waals surface area (Å²) < 4.78 is 5.21. The van der Waals surface area contributed by atoms with Crippen molar-refractivity contribution in [2.75, 3.05) is 6.54 Å². The van der Waals surface area contributed by atoms with E-state index in [-0.39, 0.29) is 17.5 Å². The second-order valence-corrected chi connectivity index (χ2v) is 5.35. The van der Waals surface area contributed by atoms with Crippen molar-refractivity contribution in [1.82, 2.24) is 4.84 Å². The molecule has 0 aromatic carbocycles. The van der Waals surface area contributed by atoms with Gasteiger partial charge in [-0.1, -0.05) is 19.3 Å². The van der Waals surface area contributed by atoms with Crippen LogP contribution in [0.15, 0.2) is 0 Å². The lowest BCUT2D eigenvalue weighted by Crippen LogP contribution is -2.36. The van der Waals surface area contributed by atoms with Gasteiger partial charge in [0.15, 0.2) is 0 Å². The molecule has 1 fully saturated rings. The van der Waals surface area contributed by atoms with Crippen LogP contribution >= 0.6 is 11.8 Å². The summed E-state index contributed by atoms with van der Waals surface area (Å²) >= 11 is 5.61. The highest BCUT2D eigenvalue weighted by molar-refractivity contribution is 6.13. The van der Waals surface area contributed by atoms with Gasteiger partial charge in [-0.15, -0.1) is 0 Å². The molecule has 0 aromatic heterocycles. The van der Waals surface area contributed by atoms with Crippen LogP contribution in [0.1, 0.15) is 52.4 Å². The zero-order valence-electron chi connectivity index (χ0n) is 10.2. The summed E-state index contributed by atoms with van der Waals surface area (Å²) in [5, 5.41) is 0. The van der Waals surface area contributed by atoms with Gasteiger partial charge in [0.25, 0.3) is 0 Å². The molecule has 1 rings (SSSR count). The van der Waals surface area contributed by atoms with Gasteiger partial charge in [0.05, 0.1) is 12.5 Å². The molecule has 16 heavy (non-hydrogen) atoms. The van der Waals surface area contributed by atoms with Crippen LogP contribution < -0.4 is 4.84 Å². The molecular weight excluding hydrogens is 226 g/mol. The number of carbonyl (C=O) groups excluding carboxylic acids is 1. The Morgan fingerprint density at radius 3 is 2.50 bits per heavy atom. The summed E-state index contributed by atoms with van der Waals surface area (Å²) in [5.41, 5.74) is 0.0198. The number of carbonyl (C=O) groups is 1. The highest BCUT2D eigenvalue weighted by Gasteiger charge is 2.34. The van der Waals surface area contributed by atoms with E-state index < -0.39 is 0 Å². The highest BCUT2D eigenvalue weighted by atomic mass is 35.5. The maximum absolute atomic E-state index is 11.7. The van der Waals surface area contributed by atoms with Crippen molar-refractivity contribution in [3.8, 4) is 0 Å². The molecule has 0 radical (unpaired) electrons. The van der Waals surface area contributed by atoms with E-state index in [0.717, 1.165) is 12.8 Å². The molecule has 0 amide bonds. The molecule has 0 aromatic rings. The van der Waals surface area contributed by atoms with E-state index in [0.29, 0.717) is 13.0 Å². The monoisotopic (exact) mass is 247 g/mol. The van der Waals surface area contributed by atoms with E-state index in [1.807, 2.05) is 13.8 Å². The van der Waals surface area contributed by atoms with Gasteiger partial charge in [-0.05, 0) is 43.9 Å². The van der Waals surface area contributed by atoms with Crippen molar-refractivity contribution >= 4 is 17.7 Å². The number of esters is 1. The third kappa shape index (κ3) is 4.30. The van der Waals surface area contributed by atoms with Gasteiger partial charge in [-0.25, -0.2) is 4.84 Å². The molecule has 94 valence electrons. The van der Waals surface area contributed by atoms with Crippen LogP contribution in [0.2, 0.25) is 0 Å². The predicted molar refractivity (Wildman–Crippen MR) is 65.2 cm³/mol. The van der Waals surface area contributed by atoms with Crippen molar-refractivity contribution in [2.45, 2.75) is 58.5 Å². The van der Waals surface area contributed by atoms with Crippen molar-refractivity contribution in [3.63, 3.8) is 0 Å². The Balaban J connectivity index is 2.52. The van der Waals surface area contributed by atoms with Crippen molar-refractivity contribution in [1.29, 1.82) is 0 Å². The van der Waals surface area contributed by atoms with Crippen LogP contribution in [-0.2, 0) is 9.53 Å². The van der Waals surface area contributed by atoms with Gasteiger partial charge in [0.1, 0.15) is 0 Å². The van der Waals surface area contributed by atoms with E-state index in [1.54, 1.807) is 0 Å². The highest BCUT2D eigenvalue weighted by Crippen LogP contribution is 2.39. The van der Waals surface area contributed by atoms with Crippen LogP contribution in [0.25, 0.3) is 0 Å². The molecule has 3 nitrogen and oxygen atoms in total. The van der Waals surface area contributed by atoms with E-state index >= 15 is 0 Å². The maximum Gasteiger partial charge on any atom is 0.306 e. The van der Waals surface area contributed by atoms with E-state index in [9.17, 15) is 4.79 Å². The summed E-state index contributed by atoms with van der Waals surface area (Å²) in [6.45, 7) is 4.46. The van der Waals surface area contributed by atoms with Gasteiger partial charge in [0.2, 0.25) is 0 Å². The molecule has 0 atom stereocenters. The van der Waals surface area contributed by atoms with Crippen LogP contribution in [0.4, 0.5) is 0 Å². The van der Waals surface area contributed by atoms with Crippen molar-refractivity contribution < 1.29 is 9.53 Å². The number of hydrogen-bond acceptors (Lipinski definition) is 3. The zero-order valence-corrected chi connectivity index (χ0v) is 11.0. The molecule has 0 unspecified atom stereocenters. The van der Waals surface area contributed by atoms with Crippen LogP contribution in [0.3, 0.4) is 0 Å². The van der Waals surface area contributed by atoms with Crippen LogP contribution in [-0.4, -0.2) is 18.6 Å². The fraction of sp³-hybridized carbons (Fsp3) is 0.917. The smallest absolute Gasteiger partial charge is 0.306 e. The lowest BCUT2D eigenvalue weighted by Gasteiger charge is -2.36. The van der Waals surface area contributed by atoms with E-state index in [4.69, 9.17) is 16.5 Å². The third-order valence-electron chi connectivity index (χ3n) is 3.24. The van der Waals surface area contributed by atoms with Gasteiger partial charge in [-0.2, -0.15) is 0 Å². The number of ether oxygens (including phenoxy) is 1. The molecule has 1 aliphatic carbocycles. The van der Waals surface area contributed by atoms with Gasteiger partial charge >= 0.3 is 5.97 Å². The minimum absolute atomic E-state index is 0.0198. The average molecular weight is 248 g/mol. The first-order valence-corrected chi connectivity index (χ1v) is 6.49. The third-order valence-corrected chi connectivity index (χ3v) is 3.38. The normalized spacial score (nSPS) is 19.8. The van der Waals surface area contributed by atoms with Crippen LogP contribution in [0.5, 0.6) is 0 Å². The van der Waals surface area contributed by atoms with Gasteiger partial charge < -0.3 is 4.74 Å². The van der Waals surface area contributed by atoms with Gasteiger partial charge in [-0.3, -0.25) is 4.79 Å². The maximum atomic E-state index is 11.7. The number of halogens is 1. The molecule has 0 saturated heterocycles. The summed E-state index contributed by atoms with van der Waals surface area (Å²) in [4.78, 5) is 14.4. The number of hydrogen-bond donors (Lipinski definition) is 1. The minimum atomic E-state index is -0.0937. The van der Waals surface area contributed by atoms with Crippen LogP contribution in [0, 0.1) is 5.41 Å². The largest absolute Gasteiger partial charge is 0.463 e. The second-order valence-electron chi connectivity index (χ2n) is 5.09. The molecule has 0 aliphatic heterocycles. The molecule has 1 saturated carbocycles. The van der Waals surface area contributed by atoms with Crippen molar-refractivity contribution in [3.05, 3.63) is 0 Å². The molecule has 0 heterocycles. The predicted octanol–water partition coefficient (Wildman–Crippen LogP) is 3.02. The molecule has 0 bridgehead atoms. The fourth-order valence-electron chi connectivity index (χ4n) is 2.47. The first-order valence-electron chi connectivity index (χ1n) is 6.11. The average Bonchev–Trinajstić information content (AvgIpc) is 2.17. The van der Waals surface area contributed by atoms with E-state index in [1.165, 1.54) is 19.3 Å². The Kier molecular flexibility index (Phi) is 5.56. The Bertz CT molecular complexity index is 220. The van der Waals surface area contributed by atoms with Gasteiger partial charge in [0, 0.05) is 6.54 Å². The Morgan fingerprint density at radius 2 is 2.00 bits per heavy atom. The zero-order chi connectivity index (χ0) is 12.0. The number of nitrogens with one attached hydrogen (secondary N) is 1. The molecule has 4 heteroatoms. The lowest BCUT2D eigenvalue weighted by molar-refractivity contribution is -0.150. The molecular formula is C12H22ClNO2. The Morgan fingerprint density at radius 1 is 1.38 bits per heavy atom. The molecule has 0 spiro atoms. The first kappa shape index (κ1) is 13.8. The summed E-state index contributed by atoms with van der Waals surface area (Å²) in [6, 6.07) is 0. The standard InChI is InChI=1S/C12H22ClNO2/c1-10(2)16-11(15)8-12(9-14-13)6-4-3-5-7-12/h10,14H,3-9H2,1-2H3. The minimum Gasteiger partial charge on any atom is -0.463 e. The Labute approximate surface area is 103 Å². The quantitative estimate of drug-likeness (QED) is 0.600. The second kappa shape index (κ2) is 6.45. The molecule has 1 aliphatic rings. The summed E-state index contributed by atoms with van der Waals surface area (Å²) in [6.07, 6.45) is 6.24. The topological polar surface area (TPSA) is 38.3 Å². The van der Waals surface area contributed by atoms with E-state index in [2.05, 4.69) is 4.84 Å². The van der Waals surface area contributed by atoms with Crippen molar-refractivity contribution in [2.24, 2.45) is 5.41 Å². The Hall–Kier alpha value is -0.280. The summed E-state index contributed by atoms with van der Waals surface area (Å²) in [7, 11) is 0. The fourth-order valence-corrected chi connectivity index (χ4v) is 2.75. The summed E-state index contributed by atoms with van der Waals surface area (Å²) in [5.74, 6) is -0.0937. The SMILES string of the molecule is CC(C)OC(=O)CC1(CNCl)CCCCC1.